The summed E-state index contributed by atoms with van der Waals surface area (Å²) in [5.74, 6) is 0.911. The normalized spacial score (nSPS) is 12.4. The first-order chi connectivity index (χ1) is 8.20. The van der Waals surface area contributed by atoms with Crippen LogP contribution in [0, 0.1) is 13.8 Å². The number of thiophene rings is 1. The summed E-state index contributed by atoms with van der Waals surface area (Å²) in [7, 11) is 0. The topological polar surface area (TPSA) is 35.2 Å². The predicted molar refractivity (Wildman–Crippen MR) is 72.7 cm³/mol. The lowest BCUT2D eigenvalue weighted by molar-refractivity contribution is 0.216. The Labute approximate surface area is 106 Å². The van der Waals surface area contributed by atoms with E-state index >= 15 is 0 Å². The Hall–Kier alpha value is -1.32. The van der Waals surface area contributed by atoms with Gasteiger partial charge in [0.2, 0.25) is 0 Å². The lowest BCUT2D eigenvalue weighted by atomic mass is 10.2. The summed E-state index contributed by atoms with van der Waals surface area (Å²) >= 11 is 1.74. The van der Waals surface area contributed by atoms with E-state index in [0.717, 1.165) is 11.3 Å². The third-order valence-electron chi connectivity index (χ3n) is 2.66. The maximum Gasteiger partial charge on any atom is 0.145 e. The van der Waals surface area contributed by atoms with Crippen molar-refractivity contribution >= 4 is 11.3 Å². The molecule has 2 N–H and O–H groups in total. The number of hydrogen-bond donors (Lipinski definition) is 1. The van der Waals surface area contributed by atoms with Crippen molar-refractivity contribution < 1.29 is 4.74 Å². The summed E-state index contributed by atoms with van der Waals surface area (Å²) in [4.78, 5) is 2.47. The monoisotopic (exact) mass is 247 g/mol. The summed E-state index contributed by atoms with van der Waals surface area (Å²) in [5.41, 5.74) is 6.93. The molecule has 1 aromatic heterocycles. The van der Waals surface area contributed by atoms with E-state index in [1.165, 1.54) is 9.75 Å². The van der Waals surface area contributed by atoms with Gasteiger partial charge in [-0.2, -0.15) is 0 Å². The van der Waals surface area contributed by atoms with Gasteiger partial charge in [-0.3, -0.25) is 0 Å². The van der Waals surface area contributed by atoms with E-state index < -0.39 is 0 Å². The van der Waals surface area contributed by atoms with Gasteiger partial charge in [-0.05, 0) is 37.6 Å². The zero-order valence-electron chi connectivity index (χ0n) is 10.1. The van der Waals surface area contributed by atoms with Gasteiger partial charge >= 0.3 is 0 Å². The number of nitrogens with two attached hydrogens (primary N) is 1. The molecule has 0 aliphatic rings. The number of aryl methyl sites for hydroxylation is 2. The van der Waals surface area contributed by atoms with Crippen molar-refractivity contribution in [3.8, 4) is 5.75 Å². The van der Waals surface area contributed by atoms with Crippen molar-refractivity contribution in [3.05, 3.63) is 51.7 Å². The minimum absolute atomic E-state index is 0.0465. The lowest BCUT2D eigenvalue weighted by Crippen LogP contribution is -2.17. The first kappa shape index (κ1) is 12.1. The highest BCUT2D eigenvalue weighted by molar-refractivity contribution is 7.12. The van der Waals surface area contributed by atoms with Gasteiger partial charge in [0.25, 0.3) is 0 Å². The van der Waals surface area contributed by atoms with Crippen LogP contribution in [0.25, 0.3) is 0 Å². The van der Waals surface area contributed by atoms with Crippen LogP contribution in [0.15, 0.2) is 36.4 Å². The van der Waals surface area contributed by atoms with Crippen molar-refractivity contribution in [2.24, 2.45) is 5.73 Å². The molecule has 0 radical (unpaired) electrons. The minimum atomic E-state index is -0.0465. The molecule has 0 bridgehead atoms. The van der Waals surface area contributed by atoms with Crippen molar-refractivity contribution in [3.63, 3.8) is 0 Å². The Morgan fingerprint density at radius 3 is 2.53 bits per heavy atom. The highest BCUT2D eigenvalue weighted by Gasteiger charge is 2.14. The van der Waals surface area contributed by atoms with Gasteiger partial charge in [0.05, 0.1) is 0 Å². The maximum atomic E-state index is 5.98. The van der Waals surface area contributed by atoms with E-state index in [1.807, 2.05) is 31.2 Å². The standard InChI is InChI=1S/C14H17NOS/c1-10-5-3-4-6-12(10)16-13(9-15)14-8-7-11(2)17-14/h3-8,13H,9,15H2,1-2H3. The molecule has 1 unspecified atom stereocenters. The fourth-order valence-electron chi connectivity index (χ4n) is 1.69. The zero-order valence-corrected chi connectivity index (χ0v) is 11.0. The summed E-state index contributed by atoms with van der Waals surface area (Å²) in [6.07, 6.45) is -0.0465. The Bertz CT molecular complexity index is 492. The molecule has 2 aromatic rings. The van der Waals surface area contributed by atoms with E-state index in [9.17, 15) is 0 Å². The van der Waals surface area contributed by atoms with Crippen LogP contribution in [0.5, 0.6) is 5.75 Å². The number of rotatable bonds is 4. The number of ether oxygens (including phenoxy) is 1. The van der Waals surface area contributed by atoms with Crippen molar-refractivity contribution in [1.82, 2.24) is 0 Å². The molecule has 0 saturated heterocycles. The molecule has 0 saturated carbocycles. The molecule has 2 nitrogen and oxygen atoms in total. The maximum absolute atomic E-state index is 5.98. The van der Waals surface area contributed by atoms with Gasteiger partial charge in [-0.15, -0.1) is 11.3 Å². The molecule has 1 heterocycles. The van der Waals surface area contributed by atoms with Crippen LogP contribution in [0.3, 0.4) is 0 Å². The molecule has 0 aliphatic carbocycles. The van der Waals surface area contributed by atoms with Crippen molar-refractivity contribution in [2.75, 3.05) is 6.54 Å². The average molecular weight is 247 g/mol. The molecule has 0 spiro atoms. The molecule has 1 atom stereocenters. The second kappa shape index (κ2) is 5.34. The van der Waals surface area contributed by atoms with Gasteiger partial charge in [0.1, 0.15) is 11.9 Å². The zero-order chi connectivity index (χ0) is 12.3. The molecular weight excluding hydrogens is 230 g/mol. The highest BCUT2D eigenvalue weighted by Crippen LogP contribution is 2.28. The first-order valence-electron chi connectivity index (χ1n) is 5.69. The van der Waals surface area contributed by atoms with Gasteiger partial charge < -0.3 is 10.5 Å². The number of benzene rings is 1. The van der Waals surface area contributed by atoms with Gasteiger partial charge in [-0.1, -0.05) is 18.2 Å². The third kappa shape index (κ3) is 2.87. The van der Waals surface area contributed by atoms with Crippen LogP contribution in [-0.4, -0.2) is 6.54 Å². The van der Waals surface area contributed by atoms with E-state index in [-0.39, 0.29) is 6.10 Å². The first-order valence-corrected chi connectivity index (χ1v) is 6.51. The SMILES string of the molecule is Cc1ccc(C(CN)Oc2ccccc2C)s1. The Morgan fingerprint density at radius 1 is 1.18 bits per heavy atom. The third-order valence-corrected chi connectivity index (χ3v) is 3.75. The predicted octanol–water partition coefficient (Wildman–Crippen LogP) is 3.44. The summed E-state index contributed by atoms with van der Waals surface area (Å²) in [6, 6.07) is 12.2. The Morgan fingerprint density at radius 2 is 1.94 bits per heavy atom. The smallest absolute Gasteiger partial charge is 0.145 e. The van der Waals surface area contributed by atoms with Crippen molar-refractivity contribution in [1.29, 1.82) is 0 Å². The quantitative estimate of drug-likeness (QED) is 0.898. The minimum Gasteiger partial charge on any atom is -0.483 e. The molecule has 3 heteroatoms. The summed E-state index contributed by atoms with van der Waals surface area (Å²) in [5, 5.41) is 0. The Balaban J connectivity index is 2.18. The molecule has 0 fully saturated rings. The summed E-state index contributed by atoms with van der Waals surface area (Å²) < 4.78 is 5.98. The number of para-hydroxylation sites is 1. The van der Waals surface area contributed by atoms with Crippen molar-refractivity contribution in [2.45, 2.75) is 20.0 Å². The van der Waals surface area contributed by atoms with Crippen LogP contribution in [0.1, 0.15) is 21.4 Å². The van der Waals surface area contributed by atoms with Gasteiger partial charge in [0, 0.05) is 16.3 Å². The van der Waals surface area contributed by atoms with E-state index in [2.05, 4.69) is 19.1 Å². The molecule has 2 rings (SSSR count). The second-order valence-corrected chi connectivity index (χ2v) is 5.38. The van der Waals surface area contributed by atoms with E-state index in [4.69, 9.17) is 10.5 Å². The summed E-state index contributed by atoms with van der Waals surface area (Å²) in [6.45, 7) is 4.63. The molecule has 1 aromatic carbocycles. The van der Waals surface area contributed by atoms with Crippen LogP contribution < -0.4 is 10.5 Å². The van der Waals surface area contributed by atoms with E-state index in [1.54, 1.807) is 11.3 Å². The highest BCUT2D eigenvalue weighted by atomic mass is 32.1. The molecular formula is C14H17NOS. The number of hydrogen-bond acceptors (Lipinski definition) is 3. The van der Waals surface area contributed by atoms with Crippen LogP contribution >= 0.6 is 11.3 Å². The molecule has 0 amide bonds. The Kier molecular flexibility index (Phi) is 3.82. The molecule has 0 aliphatic heterocycles. The largest absolute Gasteiger partial charge is 0.483 e. The average Bonchev–Trinajstić information content (AvgIpc) is 2.75. The fourth-order valence-corrected chi connectivity index (χ4v) is 2.61. The van der Waals surface area contributed by atoms with E-state index in [0.29, 0.717) is 6.54 Å². The lowest BCUT2D eigenvalue weighted by Gasteiger charge is -2.17. The van der Waals surface area contributed by atoms with Crippen LogP contribution in [-0.2, 0) is 0 Å². The van der Waals surface area contributed by atoms with Gasteiger partial charge in [0.15, 0.2) is 0 Å². The van der Waals surface area contributed by atoms with Crippen LogP contribution in [0.4, 0.5) is 0 Å². The fraction of sp³-hybridized carbons (Fsp3) is 0.286. The molecule has 17 heavy (non-hydrogen) atoms. The molecule has 90 valence electrons. The second-order valence-electron chi connectivity index (χ2n) is 4.06. The van der Waals surface area contributed by atoms with Crippen LogP contribution in [0.2, 0.25) is 0 Å². The van der Waals surface area contributed by atoms with Gasteiger partial charge in [-0.25, -0.2) is 0 Å².